The van der Waals surface area contributed by atoms with E-state index in [0.29, 0.717) is 0 Å². The fraction of sp³-hybridized carbons (Fsp3) is 0.667. The molecule has 2 heterocycles. The Bertz CT molecular complexity index is 771. The van der Waals surface area contributed by atoms with Crippen LogP contribution in [0.25, 0.3) is 0 Å². The van der Waals surface area contributed by atoms with Gasteiger partial charge in [0.15, 0.2) is 0 Å². The molecule has 0 aromatic carbocycles. The van der Waals surface area contributed by atoms with Crippen LogP contribution < -0.4 is 17.0 Å². The minimum atomic E-state index is -6.11. The molecular weight excluding hydrogens is 380 g/mol. The summed E-state index contributed by atoms with van der Waals surface area (Å²) >= 11 is 0. The van der Waals surface area contributed by atoms with Crippen molar-refractivity contribution in [1.82, 2.24) is 9.55 Å². The molecule has 0 radical (unpaired) electrons. The first kappa shape index (κ1) is 20.4. The predicted octanol–water partition coefficient (Wildman–Crippen LogP) is -0.544. The summed E-state index contributed by atoms with van der Waals surface area (Å²) in [5, 5.41) is 18.6. The zero-order valence-corrected chi connectivity index (χ0v) is 12.6. The highest BCUT2D eigenvalue weighted by Gasteiger charge is 2.71. The van der Waals surface area contributed by atoms with E-state index in [2.05, 4.69) is 5.73 Å². The summed E-state index contributed by atoms with van der Waals surface area (Å²) < 4.78 is 83.6. The van der Waals surface area contributed by atoms with E-state index < -0.39 is 66.2 Å². The second-order valence-corrected chi connectivity index (χ2v) is 5.63. The first-order valence-corrected chi connectivity index (χ1v) is 6.96. The maximum Gasteiger partial charge on any atom is 0.419 e. The molecule has 5 N–H and O–H groups in total. The summed E-state index contributed by atoms with van der Waals surface area (Å²) in [5.41, 5.74) is -5.80. The Kier molecular flexibility index (Phi) is 5.00. The molecule has 0 unspecified atom stereocenters. The molecule has 26 heavy (non-hydrogen) atoms. The van der Waals surface area contributed by atoms with Crippen LogP contribution in [0, 0.1) is 0 Å². The van der Waals surface area contributed by atoms with Gasteiger partial charge in [-0.05, 0) is 0 Å². The molecule has 0 spiro atoms. The molecular formula is C12H13F6N3O5. The Morgan fingerprint density at radius 3 is 2.19 bits per heavy atom. The number of hydrogen-bond donors (Lipinski definition) is 4. The Hall–Kier alpha value is -1.90. The van der Waals surface area contributed by atoms with Gasteiger partial charge >= 0.3 is 18.0 Å². The highest BCUT2D eigenvalue weighted by atomic mass is 19.4. The lowest BCUT2D eigenvalue weighted by atomic mass is 9.91. The standard InChI is InChI=1S/C12H13F6N3O5/c13-11(14,15)10(19,12(16,17)18)4-2-21(9(25)20-8(4)24)7-1-5(23)6(3-22)26-7/h2,5-7,22-23H,1,3,19H2,(H,20,24,25)/t5-,6+,7+/m1/s1. The number of nitrogens with one attached hydrogen (secondary N) is 1. The summed E-state index contributed by atoms with van der Waals surface area (Å²) in [7, 11) is 0. The molecule has 1 aliphatic rings. The normalized spacial score (nSPS) is 24.9. The highest BCUT2D eigenvalue weighted by Crippen LogP contribution is 2.47. The number of alkyl halides is 6. The van der Waals surface area contributed by atoms with Crippen LogP contribution in [0.5, 0.6) is 0 Å². The first-order valence-electron chi connectivity index (χ1n) is 6.96. The molecule has 8 nitrogen and oxygen atoms in total. The van der Waals surface area contributed by atoms with E-state index in [1.165, 1.54) is 4.98 Å². The van der Waals surface area contributed by atoms with E-state index in [4.69, 9.17) is 9.84 Å². The Labute approximate surface area is 139 Å². The van der Waals surface area contributed by atoms with Gasteiger partial charge in [-0.25, -0.2) is 4.79 Å². The van der Waals surface area contributed by atoms with Crippen LogP contribution in [-0.4, -0.2) is 50.9 Å². The lowest BCUT2D eigenvalue weighted by Gasteiger charge is -2.33. The molecule has 0 amide bonds. The van der Waals surface area contributed by atoms with Gasteiger partial charge in [-0.1, -0.05) is 0 Å². The van der Waals surface area contributed by atoms with Crippen molar-refractivity contribution in [2.75, 3.05) is 6.61 Å². The average molecular weight is 393 g/mol. The van der Waals surface area contributed by atoms with Crippen molar-refractivity contribution in [2.24, 2.45) is 5.73 Å². The van der Waals surface area contributed by atoms with Crippen molar-refractivity contribution >= 4 is 0 Å². The molecule has 3 atom stereocenters. The van der Waals surface area contributed by atoms with Gasteiger partial charge < -0.3 is 20.7 Å². The Balaban J connectivity index is 2.65. The van der Waals surface area contributed by atoms with Gasteiger partial charge in [-0.15, -0.1) is 0 Å². The molecule has 14 heteroatoms. The number of nitrogens with two attached hydrogens (primary N) is 1. The van der Waals surface area contributed by atoms with Gasteiger partial charge in [0, 0.05) is 12.6 Å². The van der Waals surface area contributed by atoms with Crippen molar-refractivity contribution < 1.29 is 41.3 Å². The third-order valence-electron chi connectivity index (χ3n) is 3.98. The number of aromatic amines is 1. The maximum absolute atomic E-state index is 13.1. The first-order chi connectivity index (χ1) is 11.7. The molecule has 1 saturated heterocycles. The minimum Gasteiger partial charge on any atom is -0.394 e. The number of halogens is 6. The molecule has 148 valence electrons. The fourth-order valence-corrected chi connectivity index (χ4v) is 2.50. The molecule has 0 bridgehead atoms. The van der Waals surface area contributed by atoms with Gasteiger partial charge in [0.25, 0.3) is 5.56 Å². The highest BCUT2D eigenvalue weighted by molar-refractivity contribution is 5.24. The summed E-state index contributed by atoms with van der Waals surface area (Å²) in [6, 6.07) is 0. The van der Waals surface area contributed by atoms with Crippen LogP contribution in [0.3, 0.4) is 0 Å². The lowest BCUT2D eigenvalue weighted by Crippen LogP contribution is -2.63. The Morgan fingerprint density at radius 1 is 1.23 bits per heavy atom. The van der Waals surface area contributed by atoms with Crippen molar-refractivity contribution in [3.8, 4) is 0 Å². The summed E-state index contributed by atoms with van der Waals surface area (Å²) in [6.45, 7) is -0.714. The molecule has 0 saturated carbocycles. The van der Waals surface area contributed by atoms with Crippen LogP contribution in [0.2, 0.25) is 0 Å². The zero-order chi connectivity index (χ0) is 20.1. The molecule has 1 aliphatic heterocycles. The van der Waals surface area contributed by atoms with Crippen molar-refractivity contribution in [2.45, 2.75) is 42.7 Å². The summed E-state index contributed by atoms with van der Waals surface area (Å²) in [5.74, 6) is 0. The zero-order valence-electron chi connectivity index (χ0n) is 12.6. The number of nitrogens with zero attached hydrogens (tertiary/aromatic N) is 1. The number of H-pyrrole nitrogens is 1. The van der Waals surface area contributed by atoms with E-state index in [-0.39, 0.29) is 10.8 Å². The lowest BCUT2D eigenvalue weighted by molar-refractivity contribution is -0.302. The van der Waals surface area contributed by atoms with E-state index >= 15 is 0 Å². The third kappa shape index (κ3) is 3.13. The molecule has 0 aliphatic carbocycles. The van der Waals surface area contributed by atoms with Crippen LogP contribution in [0.1, 0.15) is 18.2 Å². The number of hydrogen-bond acceptors (Lipinski definition) is 6. The summed E-state index contributed by atoms with van der Waals surface area (Å²) in [4.78, 5) is 24.8. The van der Waals surface area contributed by atoms with E-state index in [1.807, 2.05) is 0 Å². The van der Waals surface area contributed by atoms with Crippen LogP contribution in [0.4, 0.5) is 26.3 Å². The largest absolute Gasteiger partial charge is 0.419 e. The van der Waals surface area contributed by atoms with Gasteiger partial charge in [0.2, 0.25) is 5.54 Å². The van der Waals surface area contributed by atoms with E-state index in [1.54, 1.807) is 0 Å². The number of rotatable bonds is 3. The van der Waals surface area contributed by atoms with Crippen LogP contribution in [-0.2, 0) is 10.3 Å². The fourth-order valence-electron chi connectivity index (χ4n) is 2.50. The van der Waals surface area contributed by atoms with Crippen LogP contribution in [0.15, 0.2) is 15.8 Å². The Morgan fingerprint density at radius 2 is 1.77 bits per heavy atom. The second kappa shape index (κ2) is 6.37. The summed E-state index contributed by atoms with van der Waals surface area (Å²) in [6.07, 6.45) is -16.7. The number of aliphatic hydroxyl groups is 2. The average Bonchev–Trinajstić information content (AvgIpc) is 2.85. The van der Waals surface area contributed by atoms with Gasteiger partial charge in [-0.2, -0.15) is 26.3 Å². The van der Waals surface area contributed by atoms with Crippen molar-refractivity contribution in [3.05, 3.63) is 32.6 Å². The SMILES string of the molecule is NC(c1cn([C@@H]2C[C@@H](O)[C@H](CO)O2)c(=O)[nH]c1=O)(C(F)(F)F)C(F)(F)F. The molecule has 1 aromatic heterocycles. The van der Waals surface area contributed by atoms with Gasteiger partial charge in [0.1, 0.15) is 12.3 Å². The number of ether oxygens (including phenoxy) is 1. The monoisotopic (exact) mass is 393 g/mol. The third-order valence-corrected chi connectivity index (χ3v) is 3.98. The van der Waals surface area contributed by atoms with Crippen molar-refractivity contribution in [1.29, 1.82) is 0 Å². The predicted molar refractivity (Wildman–Crippen MR) is 70.9 cm³/mol. The second-order valence-electron chi connectivity index (χ2n) is 5.63. The van der Waals surface area contributed by atoms with Gasteiger partial charge in [0.05, 0.1) is 18.3 Å². The minimum absolute atomic E-state index is 0.000707. The molecule has 1 aromatic rings. The molecule has 1 fully saturated rings. The smallest absolute Gasteiger partial charge is 0.394 e. The van der Waals surface area contributed by atoms with E-state index in [0.717, 1.165) is 0 Å². The van der Waals surface area contributed by atoms with Crippen molar-refractivity contribution in [3.63, 3.8) is 0 Å². The number of aliphatic hydroxyl groups excluding tert-OH is 2. The van der Waals surface area contributed by atoms with E-state index in [9.17, 15) is 41.0 Å². The quantitative estimate of drug-likeness (QED) is 0.510. The van der Waals surface area contributed by atoms with Gasteiger partial charge in [-0.3, -0.25) is 14.3 Å². The maximum atomic E-state index is 13.1. The van der Waals surface area contributed by atoms with Crippen LogP contribution >= 0.6 is 0 Å². The topological polar surface area (TPSA) is 131 Å². The molecule has 2 rings (SSSR count). The number of aromatic nitrogens is 2.